The lowest BCUT2D eigenvalue weighted by atomic mass is 10.2. The monoisotopic (exact) mass is 263 g/mol. The number of rotatable bonds is 2. The largest absolute Gasteiger partial charge is 0.464 e. The summed E-state index contributed by atoms with van der Waals surface area (Å²) in [6.07, 6.45) is 1.74. The zero-order chi connectivity index (χ0) is 13.5. The Bertz CT molecular complexity index is 904. The molecule has 20 heavy (non-hydrogen) atoms. The fraction of sp³-hybridized carbons (Fsp3) is 0.0625. The van der Waals surface area contributed by atoms with Crippen LogP contribution in [0.25, 0.3) is 33.4 Å². The maximum absolute atomic E-state index is 5.76. The van der Waals surface area contributed by atoms with Gasteiger partial charge in [-0.2, -0.15) is 0 Å². The highest BCUT2D eigenvalue weighted by molar-refractivity contribution is 5.94. The number of imidazole rings is 1. The standard InChI is InChI=1S/C16H13N3O/c17-8-10-4-3-6-13-15(10)19-16(18-13)12-9-20-14-7-2-1-5-11(12)14/h1-7,9H,8,17H2,(H,18,19). The Morgan fingerprint density at radius 2 is 2.00 bits per heavy atom. The van der Waals surface area contributed by atoms with E-state index in [1.807, 2.05) is 42.5 Å². The van der Waals surface area contributed by atoms with Crippen molar-refractivity contribution in [3.63, 3.8) is 0 Å². The quantitative estimate of drug-likeness (QED) is 0.582. The molecule has 0 saturated heterocycles. The van der Waals surface area contributed by atoms with Crippen LogP contribution in [0.2, 0.25) is 0 Å². The Kier molecular flexibility index (Phi) is 2.37. The molecule has 2 heterocycles. The Labute approximate surface area is 115 Å². The minimum Gasteiger partial charge on any atom is -0.464 e. The lowest BCUT2D eigenvalue weighted by Gasteiger charge is -1.95. The number of nitrogens with zero attached hydrogens (tertiary/aromatic N) is 1. The van der Waals surface area contributed by atoms with Crippen LogP contribution >= 0.6 is 0 Å². The van der Waals surface area contributed by atoms with Gasteiger partial charge in [-0.1, -0.05) is 30.3 Å². The first-order valence-electron chi connectivity index (χ1n) is 6.51. The minimum absolute atomic E-state index is 0.480. The zero-order valence-corrected chi connectivity index (χ0v) is 10.8. The predicted molar refractivity (Wildman–Crippen MR) is 79.2 cm³/mol. The number of hydrogen-bond acceptors (Lipinski definition) is 3. The molecule has 0 aliphatic carbocycles. The third-order valence-corrected chi connectivity index (χ3v) is 3.55. The van der Waals surface area contributed by atoms with Crippen LogP contribution in [0.3, 0.4) is 0 Å². The van der Waals surface area contributed by atoms with E-state index in [0.29, 0.717) is 6.54 Å². The summed E-state index contributed by atoms with van der Waals surface area (Å²) in [7, 11) is 0. The van der Waals surface area contributed by atoms with Gasteiger partial charge in [0.15, 0.2) is 0 Å². The Balaban J connectivity index is 1.98. The number of hydrogen-bond donors (Lipinski definition) is 2. The molecule has 0 spiro atoms. The number of H-pyrrole nitrogens is 1. The van der Waals surface area contributed by atoms with Gasteiger partial charge in [-0.3, -0.25) is 0 Å². The third-order valence-electron chi connectivity index (χ3n) is 3.55. The summed E-state index contributed by atoms with van der Waals surface area (Å²) < 4.78 is 5.57. The Morgan fingerprint density at radius 3 is 2.90 bits per heavy atom. The zero-order valence-electron chi connectivity index (χ0n) is 10.8. The second kappa shape index (κ2) is 4.21. The molecule has 0 aliphatic rings. The highest BCUT2D eigenvalue weighted by Gasteiger charge is 2.12. The average Bonchev–Trinajstić information content (AvgIpc) is 3.10. The third kappa shape index (κ3) is 1.55. The maximum Gasteiger partial charge on any atom is 0.142 e. The van der Waals surface area contributed by atoms with Gasteiger partial charge in [0.25, 0.3) is 0 Å². The second-order valence-electron chi connectivity index (χ2n) is 4.75. The maximum atomic E-state index is 5.76. The second-order valence-corrected chi connectivity index (χ2v) is 4.75. The van der Waals surface area contributed by atoms with Gasteiger partial charge in [-0.05, 0) is 17.7 Å². The molecule has 0 saturated carbocycles. The summed E-state index contributed by atoms with van der Waals surface area (Å²) in [6, 6.07) is 13.9. The summed E-state index contributed by atoms with van der Waals surface area (Å²) in [4.78, 5) is 8.02. The van der Waals surface area contributed by atoms with Gasteiger partial charge >= 0.3 is 0 Å². The average molecular weight is 263 g/mol. The molecule has 4 nitrogen and oxygen atoms in total. The van der Waals surface area contributed by atoms with Crippen molar-refractivity contribution >= 4 is 22.0 Å². The summed E-state index contributed by atoms with van der Waals surface area (Å²) in [5.41, 5.74) is 10.6. The molecule has 0 unspecified atom stereocenters. The van der Waals surface area contributed by atoms with Crippen LogP contribution in [0.4, 0.5) is 0 Å². The van der Waals surface area contributed by atoms with Gasteiger partial charge in [-0.25, -0.2) is 4.98 Å². The van der Waals surface area contributed by atoms with Crippen LogP contribution in [-0.2, 0) is 6.54 Å². The van der Waals surface area contributed by atoms with Crippen LogP contribution in [0.1, 0.15) is 5.56 Å². The van der Waals surface area contributed by atoms with Crippen molar-refractivity contribution in [3.05, 3.63) is 54.3 Å². The molecular formula is C16H13N3O. The molecule has 0 bridgehead atoms. The van der Waals surface area contributed by atoms with Gasteiger partial charge in [0.05, 0.1) is 16.6 Å². The van der Waals surface area contributed by atoms with E-state index in [1.54, 1.807) is 6.26 Å². The lowest BCUT2D eigenvalue weighted by Crippen LogP contribution is -1.96. The molecule has 4 aromatic rings. The normalized spacial score (nSPS) is 11.4. The summed E-state index contributed by atoms with van der Waals surface area (Å²) >= 11 is 0. The van der Waals surface area contributed by atoms with E-state index >= 15 is 0 Å². The minimum atomic E-state index is 0.480. The molecule has 2 aromatic heterocycles. The van der Waals surface area contributed by atoms with Crippen LogP contribution < -0.4 is 5.73 Å². The fourth-order valence-electron chi connectivity index (χ4n) is 2.55. The van der Waals surface area contributed by atoms with E-state index in [0.717, 1.165) is 39.0 Å². The van der Waals surface area contributed by atoms with E-state index in [9.17, 15) is 0 Å². The summed E-state index contributed by atoms with van der Waals surface area (Å²) in [5.74, 6) is 0.811. The van der Waals surface area contributed by atoms with E-state index in [4.69, 9.17) is 10.2 Å². The van der Waals surface area contributed by atoms with Crippen LogP contribution in [0, 0.1) is 0 Å². The first-order valence-corrected chi connectivity index (χ1v) is 6.51. The van der Waals surface area contributed by atoms with E-state index in [1.165, 1.54) is 0 Å². The van der Waals surface area contributed by atoms with Crippen molar-refractivity contribution in [1.29, 1.82) is 0 Å². The van der Waals surface area contributed by atoms with E-state index in [-0.39, 0.29) is 0 Å². The van der Waals surface area contributed by atoms with Gasteiger partial charge in [-0.15, -0.1) is 0 Å². The van der Waals surface area contributed by atoms with Crippen molar-refractivity contribution in [2.75, 3.05) is 0 Å². The number of para-hydroxylation sites is 2. The first-order chi connectivity index (χ1) is 9.86. The Hall–Kier alpha value is -2.59. The molecule has 4 heteroatoms. The number of fused-ring (bicyclic) bond motifs is 2. The number of benzene rings is 2. The number of aromatic nitrogens is 2. The lowest BCUT2D eigenvalue weighted by molar-refractivity contribution is 0.616. The van der Waals surface area contributed by atoms with Crippen molar-refractivity contribution in [1.82, 2.24) is 9.97 Å². The predicted octanol–water partition coefficient (Wildman–Crippen LogP) is 3.43. The molecule has 0 fully saturated rings. The van der Waals surface area contributed by atoms with Crippen LogP contribution in [-0.4, -0.2) is 9.97 Å². The van der Waals surface area contributed by atoms with Crippen molar-refractivity contribution in [2.45, 2.75) is 6.54 Å². The molecular weight excluding hydrogens is 250 g/mol. The number of nitrogens with one attached hydrogen (secondary N) is 1. The highest BCUT2D eigenvalue weighted by Crippen LogP contribution is 2.30. The molecule has 0 atom stereocenters. The van der Waals surface area contributed by atoms with Gasteiger partial charge < -0.3 is 15.1 Å². The molecule has 2 aromatic carbocycles. The van der Waals surface area contributed by atoms with Gasteiger partial charge in [0, 0.05) is 11.9 Å². The number of aromatic amines is 1. The number of nitrogens with two attached hydrogens (primary N) is 1. The van der Waals surface area contributed by atoms with E-state index in [2.05, 4.69) is 9.97 Å². The van der Waals surface area contributed by atoms with E-state index < -0.39 is 0 Å². The number of furan rings is 1. The highest BCUT2D eigenvalue weighted by atomic mass is 16.3. The van der Waals surface area contributed by atoms with Crippen LogP contribution in [0.5, 0.6) is 0 Å². The first kappa shape index (κ1) is 11.3. The molecule has 0 amide bonds. The fourth-order valence-corrected chi connectivity index (χ4v) is 2.55. The molecule has 98 valence electrons. The summed E-state index contributed by atoms with van der Waals surface area (Å²) in [5, 5.41) is 1.06. The Morgan fingerprint density at radius 1 is 1.10 bits per heavy atom. The molecule has 3 N–H and O–H groups in total. The molecule has 0 radical (unpaired) electrons. The van der Waals surface area contributed by atoms with Crippen molar-refractivity contribution < 1.29 is 4.42 Å². The molecule has 0 aliphatic heterocycles. The van der Waals surface area contributed by atoms with Gasteiger partial charge in [0.2, 0.25) is 0 Å². The topological polar surface area (TPSA) is 67.8 Å². The van der Waals surface area contributed by atoms with Crippen molar-refractivity contribution in [2.24, 2.45) is 5.73 Å². The SMILES string of the molecule is NCc1cccc2[nH]c(-c3coc4ccccc34)nc12. The summed E-state index contributed by atoms with van der Waals surface area (Å²) in [6.45, 7) is 0.480. The van der Waals surface area contributed by atoms with Crippen molar-refractivity contribution in [3.8, 4) is 11.4 Å². The van der Waals surface area contributed by atoms with Gasteiger partial charge in [0.1, 0.15) is 17.7 Å². The van der Waals surface area contributed by atoms with Crippen LogP contribution in [0.15, 0.2) is 53.1 Å². The smallest absolute Gasteiger partial charge is 0.142 e. The molecule has 4 rings (SSSR count).